The number of aromatic nitrogens is 2. The summed E-state index contributed by atoms with van der Waals surface area (Å²) in [5.74, 6) is -0.344. The minimum Gasteiger partial charge on any atom is -0.492 e. The van der Waals surface area contributed by atoms with Crippen LogP contribution in [0.1, 0.15) is 5.69 Å². The maximum atomic E-state index is 11.3. The molecule has 27 heavy (non-hydrogen) atoms. The van der Waals surface area contributed by atoms with Crippen molar-refractivity contribution in [3.63, 3.8) is 0 Å². The molecule has 0 atom stereocenters. The lowest BCUT2D eigenvalue weighted by atomic mass is 10.3. The molecule has 2 N–H and O–H groups in total. The number of hydrogen-bond acceptors (Lipinski definition) is 6. The van der Waals surface area contributed by atoms with Gasteiger partial charge < -0.3 is 5.11 Å². The second-order valence-electron chi connectivity index (χ2n) is 5.44. The second kappa shape index (κ2) is 7.28. The Labute approximate surface area is 164 Å². The summed E-state index contributed by atoms with van der Waals surface area (Å²) >= 11 is 11.8. The molecule has 0 bridgehead atoms. The van der Waals surface area contributed by atoms with Crippen LogP contribution in [0.25, 0.3) is 5.69 Å². The fourth-order valence-electron chi connectivity index (χ4n) is 2.23. The molecule has 0 radical (unpaired) electrons. The van der Waals surface area contributed by atoms with Crippen LogP contribution in [0.3, 0.4) is 0 Å². The zero-order valence-corrected chi connectivity index (χ0v) is 16.0. The Kier molecular flexibility index (Phi) is 5.20. The number of aryl methyl sites for hydroxylation is 1. The summed E-state index contributed by atoms with van der Waals surface area (Å²) in [7, 11) is -4.39. The SMILES string of the molecule is Cc1nn(-c2cccc(S(=O)(=O)O)c2)c(O)c1N=Nc1ccc(Cl)c(Cl)c1. The lowest BCUT2D eigenvalue weighted by molar-refractivity contribution is 0.434. The summed E-state index contributed by atoms with van der Waals surface area (Å²) in [6.45, 7) is 1.60. The topological polar surface area (TPSA) is 117 Å². The van der Waals surface area contributed by atoms with Crippen LogP contribution < -0.4 is 0 Å². The molecule has 0 saturated carbocycles. The molecule has 1 aromatic heterocycles. The van der Waals surface area contributed by atoms with Crippen molar-refractivity contribution in [3.05, 3.63) is 58.2 Å². The van der Waals surface area contributed by atoms with Gasteiger partial charge in [-0.1, -0.05) is 29.3 Å². The van der Waals surface area contributed by atoms with Gasteiger partial charge >= 0.3 is 0 Å². The molecule has 0 spiro atoms. The summed E-state index contributed by atoms with van der Waals surface area (Å²) in [5, 5.41) is 23.2. The molecule has 0 aliphatic carbocycles. The number of halogens is 2. The number of aromatic hydroxyl groups is 1. The molecule has 8 nitrogen and oxygen atoms in total. The van der Waals surface area contributed by atoms with E-state index in [9.17, 15) is 13.5 Å². The smallest absolute Gasteiger partial charge is 0.294 e. The molecule has 0 unspecified atom stereocenters. The first kappa shape index (κ1) is 19.3. The minimum atomic E-state index is -4.39. The second-order valence-corrected chi connectivity index (χ2v) is 7.68. The van der Waals surface area contributed by atoms with Crippen molar-refractivity contribution in [2.75, 3.05) is 0 Å². The Bertz CT molecular complexity index is 1160. The normalized spacial score (nSPS) is 12.0. The van der Waals surface area contributed by atoms with Crippen LogP contribution in [0.15, 0.2) is 57.6 Å². The van der Waals surface area contributed by atoms with Gasteiger partial charge in [-0.15, -0.1) is 5.11 Å². The van der Waals surface area contributed by atoms with E-state index in [-0.39, 0.29) is 22.2 Å². The maximum absolute atomic E-state index is 11.3. The zero-order chi connectivity index (χ0) is 19.8. The molecule has 2 aromatic carbocycles. The van der Waals surface area contributed by atoms with E-state index in [1.165, 1.54) is 30.3 Å². The van der Waals surface area contributed by atoms with Crippen LogP contribution in [0.2, 0.25) is 10.0 Å². The fraction of sp³-hybridized carbons (Fsp3) is 0.0625. The molecule has 0 aliphatic heterocycles. The number of benzene rings is 2. The van der Waals surface area contributed by atoms with E-state index in [0.29, 0.717) is 21.4 Å². The molecule has 0 amide bonds. The predicted molar refractivity (Wildman–Crippen MR) is 100 cm³/mol. The van der Waals surface area contributed by atoms with Gasteiger partial charge in [-0.3, -0.25) is 4.55 Å². The lowest BCUT2D eigenvalue weighted by Crippen LogP contribution is -2.01. The zero-order valence-electron chi connectivity index (χ0n) is 13.7. The van der Waals surface area contributed by atoms with Gasteiger partial charge in [0.1, 0.15) is 0 Å². The Morgan fingerprint density at radius 1 is 1.07 bits per heavy atom. The fourth-order valence-corrected chi connectivity index (χ4v) is 3.05. The summed E-state index contributed by atoms with van der Waals surface area (Å²) in [5.41, 5.74) is 1.10. The number of hydrogen-bond donors (Lipinski definition) is 2. The van der Waals surface area contributed by atoms with Crippen molar-refractivity contribution in [1.29, 1.82) is 0 Å². The Morgan fingerprint density at radius 3 is 2.48 bits per heavy atom. The van der Waals surface area contributed by atoms with Gasteiger partial charge in [0.2, 0.25) is 5.88 Å². The third-order valence-corrected chi connectivity index (χ3v) is 5.12. The van der Waals surface area contributed by atoms with Gasteiger partial charge in [0.05, 0.1) is 32.0 Å². The van der Waals surface area contributed by atoms with Crippen molar-refractivity contribution in [2.24, 2.45) is 10.2 Å². The van der Waals surface area contributed by atoms with Crippen molar-refractivity contribution >= 4 is 44.7 Å². The molecule has 3 rings (SSSR count). The highest BCUT2D eigenvalue weighted by molar-refractivity contribution is 7.85. The van der Waals surface area contributed by atoms with Crippen LogP contribution >= 0.6 is 23.2 Å². The molecular formula is C16H12Cl2N4O4S. The average Bonchev–Trinajstić information content (AvgIpc) is 2.89. The molecule has 1 heterocycles. The largest absolute Gasteiger partial charge is 0.492 e. The van der Waals surface area contributed by atoms with Crippen LogP contribution in [0.4, 0.5) is 11.4 Å². The quantitative estimate of drug-likeness (QED) is 0.456. The number of nitrogens with zero attached hydrogens (tertiary/aromatic N) is 4. The highest BCUT2D eigenvalue weighted by Crippen LogP contribution is 2.35. The van der Waals surface area contributed by atoms with Crippen LogP contribution in [0.5, 0.6) is 5.88 Å². The van der Waals surface area contributed by atoms with Crippen LogP contribution in [0, 0.1) is 6.92 Å². The molecule has 0 saturated heterocycles. The molecule has 140 valence electrons. The molecule has 3 aromatic rings. The molecule has 0 fully saturated rings. The average molecular weight is 427 g/mol. The van der Waals surface area contributed by atoms with E-state index in [4.69, 9.17) is 27.8 Å². The Morgan fingerprint density at radius 2 is 1.81 bits per heavy atom. The van der Waals surface area contributed by atoms with Crippen LogP contribution in [-0.2, 0) is 10.1 Å². The number of rotatable bonds is 4. The van der Waals surface area contributed by atoms with Crippen molar-refractivity contribution in [3.8, 4) is 11.6 Å². The Balaban J connectivity index is 2.00. The third-order valence-electron chi connectivity index (χ3n) is 3.53. The van der Waals surface area contributed by atoms with Crippen LogP contribution in [-0.4, -0.2) is 27.9 Å². The van der Waals surface area contributed by atoms with E-state index in [2.05, 4.69) is 15.3 Å². The van der Waals surface area contributed by atoms with Gasteiger partial charge in [0, 0.05) is 0 Å². The first-order valence-electron chi connectivity index (χ1n) is 7.40. The molecular weight excluding hydrogens is 415 g/mol. The van der Waals surface area contributed by atoms with Gasteiger partial charge in [-0.25, -0.2) is 0 Å². The first-order valence-corrected chi connectivity index (χ1v) is 9.60. The molecule has 11 heteroatoms. The summed E-state index contributed by atoms with van der Waals surface area (Å²) in [6, 6.07) is 9.99. The lowest BCUT2D eigenvalue weighted by Gasteiger charge is -2.04. The van der Waals surface area contributed by atoms with Crippen molar-refractivity contribution < 1.29 is 18.1 Å². The van der Waals surface area contributed by atoms with E-state index < -0.39 is 10.1 Å². The van der Waals surface area contributed by atoms with Gasteiger partial charge in [-0.05, 0) is 43.3 Å². The minimum absolute atomic E-state index is 0.0957. The number of azo groups is 1. The summed E-state index contributed by atoms with van der Waals surface area (Å²) in [4.78, 5) is -0.327. The molecule has 0 aliphatic rings. The monoisotopic (exact) mass is 426 g/mol. The Hall–Kier alpha value is -2.46. The van der Waals surface area contributed by atoms with Gasteiger partial charge in [-0.2, -0.15) is 23.3 Å². The van der Waals surface area contributed by atoms with E-state index in [1.807, 2.05) is 0 Å². The van der Waals surface area contributed by atoms with E-state index >= 15 is 0 Å². The summed E-state index contributed by atoms with van der Waals surface area (Å²) < 4.78 is 32.8. The predicted octanol–water partition coefficient (Wildman–Crippen LogP) is 4.86. The van der Waals surface area contributed by atoms with Gasteiger partial charge in [0.15, 0.2) is 5.69 Å². The van der Waals surface area contributed by atoms with E-state index in [0.717, 1.165) is 4.68 Å². The first-order chi connectivity index (χ1) is 12.7. The maximum Gasteiger partial charge on any atom is 0.294 e. The van der Waals surface area contributed by atoms with E-state index in [1.54, 1.807) is 19.1 Å². The highest BCUT2D eigenvalue weighted by atomic mass is 35.5. The van der Waals surface area contributed by atoms with Gasteiger partial charge in [0.25, 0.3) is 10.1 Å². The third kappa shape index (κ3) is 4.11. The van der Waals surface area contributed by atoms with Crippen molar-refractivity contribution in [2.45, 2.75) is 11.8 Å². The summed E-state index contributed by atoms with van der Waals surface area (Å²) in [6.07, 6.45) is 0. The standard InChI is InChI=1S/C16H12Cl2N4O4S/c1-9-15(20-19-10-5-6-13(17)14(18)7-10)16(23)22(21-9)11-3-2-4-12(8-11)27(24,25)26/h2-8,23H,1H3,(H,24,25,26). The highest BCUT2D eigenvalue weighted by Gasteiger charge is 2.17. The van der Waals surface area contributed by atoms with Crippen molar-refractivity contribution in [1.82, 2.24) is 9.78 Å².